The zero-order valence-electron chi connectivity index (χ0n) is 10.9. The van der Waals surface area contributed by atoms with Crippen LogP contribution in [-0.2, 0) is 0 Å². The number of fused-ring (bicyclic) bond motifs is 1. The summed E-state index contributed by atoms with van der Waals surface area (Å²) in [7, 11) is 1.73. The largest absolute Gasteiger partial charge is 0.342 e. The maximum absolute atomic E-state index is 13.7. The van der Waals surface area contributed by atoms with E-state index in [1.807, 2.05) is 0 Å². The first-order valence-electron chi connectivity index (χ1n) is 6.28. The van der Waals surface area contributed by atoms with Crippen molar-refractivity contribution in [2.75, 3.05) is 20.1 Å². The van der Waals surface area contributed by atoms with Gasteiger partial charge in [0.2, 0.25) is 0 Å². The number of amides is 1. The van der Waals surface area contributed by atoms with E-state index in [0.29, 0.717) is 29.4 Å². The molecule has 2 aromatic carbocycles. The van der Waals surface area contributed by atoms with Crippen molar-refractivity contribution in [2.24, 2.45) is 5.73 Å². The molecule has 0 aromatic heterocycles. The summed E-state index contributed by atoms with van der Waals surface area (Å²) in [6, 6.07) is 9.89. The summed E-state index contributed by atoms with van der Waals surface area (Å²) in [5.74, 6) is -0.415. The lowest BCUT2D eigenvalue weighted by molar-refractivity contribution is 0.0796. The van der Waals surface area contributed by atoms with Gasteiger partial charge in [-0.3, -0.25) is 4.79 Å². The minimum absolute atomic E-state index is 0.107. The minimum atomic E-state index is -0.309. The predicted octanol–water partition coefficient (Wildman–Crippen LogP) is 2.40. The van der Waals surface area contributed by atoms with Gasteiger partial charge in [-0.05, 0) is 30.5 Å². The Morgan fingerprint density at radius 3 is 2.58 bits per heavy atom. The minimum Gasteiger partial charge on any atom is -0.342 e. The lowest BCUT2D eigenvalue weighted by Gasteiger charge is -2.18. The van der Waals surface area contributed by atoms with Crippen molar-refractivity contribution in [3.8, 4) is 0 Å². The highest BCUT2D eigenvalue weighted by Gasteiger charge is 2.15. The van der Waals surface area contributed by atoms with E-state index in [-0.39, 0.29) is 11.7 Å². The second-order valence-corrected chi connectivity index (χ2v) is 4.51. The van der Waals surface area contributed by atoms with Crippen molar-refractivity contribution in [3.05, 3.63) is 47.8 Å². The smallest absolute Gasteiger partial charge is 0.254 e. The average molecular weight is 260 g/mol. The summed E-state index contributed by atoms with van der Waals surface area (Å²) < 4.78 is 13.7. The Morgan fingerprint density at radius 1 is 1.21 bits per heavy atom. The Labute approximate surface area is 111 Å². The average Bonchev–Trinajstić information content (AvgIpc) is 2.45. The van der Waals surface area contributed by atoms with Gasteiger partial charge in [-0.25, -0.2) is 4.39 Å². The van der Waals surface area contributed by atoms with Gasteiger partial charge in [0.15, 0.2) is 0 Å². The Kier molecular flexibility index (Phi) is 4.12. The normalized spacial score (nSPS) is 10.7. The number of carbonyl (C=O) groups excluding carboxylic acids is 1. The van der Waals surface area contributed by atoms with Crippen LogP contribution in [0.4, 0.5) is 4.39 Å². The summed E-state index contributed by atoms with van der Waals surface area (Å²) in [5.41, 5.74) is 5.96. The molecule has 0 spiro atoms. The molecule has 0 aliphatic rings. The van der Waals surface area contributed by atoms with Gasteiger partial charge in [0.25, 0.3) is 5.91 Å². The quantitative estimate of drug-likeness (QED) is 0.917. The molecule has 4 heteroatoms. The number of hydrogen-bond acceptors (Lipinski definition) is 2. The fraction of sp³-hybridized carbons (Fsp3) is 0.267. The molecular formula is C15H17FN2O. The third-order valence-corrected chi connectivity index (χ3v) is 3.15. The zero-order chi connectivity index (χ0) is 13.8. The Balaban J connectivity index is 2.40. The van der Waals surface area contributed by atoms with Gasteiger partial charge < -0.3 is 10.6 Å². The number of hydrogen-bond donors (Lipinski definition) is 1. The SMILES string of the molecule is CN(CCCN)C(=O)c1ccc(F)c2ccccc12. The number of nitrogens with zero attached hydrogens (tertiary/aromatic N) is 1. The molecular weight excluding hydrogens is 243 g/mol. The van der Waals surface area contributed by atoms with Gasteiger partial charge in [-0.15, -0.1) is 0 Å². The van der Waals surface area contributed by atoms with E-state index in [1.54, 1.807) is 42.3 Å². The van der Waals surface area contributed by atoms with E-state index in [4.69, 9.17) is 5.73 Å². The fourth-order valence-corrected chi connectivity index (χ4v) is 2.08. The zero-order valence-corrected chi connectivity index (χ0v) is 10.9. The summed E-state index contributed by atoms with van der Waals surface area (Å²) in [4.78, 5) is 14.0. The van der Waals surface area contributed by atoms with Gasteiger partial charge >= 0.3 is 0 Å². The van der Waals surface area contributed by atoms with Gasteiger partial charge in [-0.2, -0.15) is 0 Å². The molecule has 0 bridgehead atoms. The summed E-state index contributed by atoms with van der Waals surface area (Å²) in [6.45, 7) is 1.14. The molecule has 0 heterocycles. The molecule has 0 saturated heterocycles. The Morgan fingerprint density at radius 2 is 1.89 bits per heavy atom. The predicted molar refractivity (Wildman–Crippen MR) is 74.5 cm³/mol. The van der Waals surface area contributed by atoms with Crippen molar-refractivity contribution in [2.45, 2.75) is 6.42 Å². The van der Waals surface area contributed by atoms with E-state index < -0.39 is 0 Å². The van der Waals surface area contributed by atoms with Crippen LogP contribution in [0.15, 0.2) is 36.4 Å². The first-order chi connectivity index (χ1) is 9.15. The van der Waals surface area contributed by atoms with Crippen LogP contribution in [0.2, 0.25) is 0 Å². The molecule has 0 fully saturated rings. The van der Waals surface area contributed by atoms with Gasteiger partial charge in [-0.1, -0.05) is 24.3 Å². The third-order valence-electron chi connectivity index (χ3n) is 3.15. The van der Waals surface area contributed by atoms with Crippen LogP contribution in [0.5, 0.6) is 0 Å². The van der Waals surface area contributed by atoms with Crippen LogP contribution in [0.1, 0.15) is 16.8 Å². The molecule has 3 nitrogen and oxygen atoms in total. The number of benzene rings is 2. The monoisotopic (exact) mass is 260 g/mol. The van der Waals surface area contributed by atoms with Crippen molar-refractivity contribution in [1.29, 1.82) is 0 Å². The lowest BCUT2D eigenvalue weighted by Crippen LogP contribution is -2.29. The topological polar surface area (TPSA) is 46.3 Å². The molecule has 0 saturated carbocycles. The maximum atomic E-state index is 13.7. The van der Waals surface area contributed by atoms with E-state index in [1.165, 1.54) is 6.07 Å². The van der Waals surface area contributed by atoms with E-state index in [0.717, 1.165) is 6.42 Å². The van der Waals surface area contributed by atoms with E-state index in [9.17, 15) is 9.18 Å². The van der Waals surface area contributed by atoms with Crippen molar-refractivity contribution < 1.29 is 9.18 Å². The summed E-state index contributed by atoms with van der Waals surface area (Å²) >= 11 is 0. The van der Waals surface area contributed by atoms with E-state index >= 15 is 0 Å². The van der Waals surface area contributed by atoms with Crippen molar-refractivity contribution in [3.63, 3.8) is 0 Å². The highest BCUT2D eigenvalue weighted by atomic mass is 19.1. The first kappa shape index (κ1) is 13.5. The van der Waals surface area contributed by atoms with E-state index in [2.05, 4.69) is 0 Å². The molecule has 0 aliphatic heterocycles. The summed E-state index contributed by atoms with van der Waals surface area (Å²) in [6.07, 6.45) is 0.751. The highest BCUT2D eigenvalue weighted by molar-refractivity contribution is 6.07. The van der Waals surface area contributed by atoms with Crippen LogP contribution in [-0.4, -0.2) is 30.9 Å². The molecule has 2 rings (SSSR count). The molecule has 0 unspecified atom stereocenters. The van der Waals surface area contributed by atoms with Crippen LogP contribution < -0.4 is 5.73 Å². The molecule has 0 radical (unpaired) electrons. The van der Waals surface area contributed by atoms with Crippen LogP contribution in [0, 0.1) is 5.82 Å². The molecule has 19 heavy (non-hydrogen) atoms. The number of carbonyl (C=O) groups is 1. The Bertz CT molecular complexity index is 598. The number of nitrogens with two attached hydrogens (primary N) is 1. The lowest BCUT2D eigenvalue weighted by atomic mass is 10.0. The second-order valence-electron chi connectivity index (χ2n) is 4.51. The van der Waals surface area contributed by atoms with Gasteiger partial charge in [0.1, 0.15) is 5.82 Å². The van der Waals surface area contributed by atoms with Crippen LogP contribution in [0.3, 0.4) is 0 Å². The standard InChI is InChI=1S/C15H17FN2O/c1-18(10-4-9-17)15(19)13-7-8-14(16)12-6-3-2-5-11(12)13/h2-3,5-8H,4,9-10,17H2,1H3. The fourth-order valence-electron chi connectivity index (χ4n) is 2.08. The molecule has 0 aliphatic carbocycles. The summed E-state index contributed by atoms with van der Waals surface area (Å²) in [5, 5.41) is 1.12. The molecule has 1 amide bonds. The van der Waals surface area contributed by atoms with Crippen LogP contribution in [0.25, 0.3) is 10.8 Å². The number of halogens is 1. The maximum Gasteiger partial charge on any atom is 0.254 e. The highest BCUT2D eigenvalue weighted by Crippen LogP contribution is 2.22. The van der Waals surface area contributed by atoms with Gasteiger partial charge in [0.05, 0.1) is 0 Å². The molecule has 2 aromatic rings. The first-order valence-corrected chi connectivity index (χ1v) is 6.28. The molecule has 2 N–H and O–H groups in total. The van der Waals surface area contributed by atoms with Crippen molar-refractivity contribution >= 4 is 16.7 Å². The van der Waals surface area contributed by atoms with Crippen molar-refractivity contribution in [1.82, 2.24) is 4.90 Å². The molecule has 0 atom stereocenters. The van der Waals surface area contributed by atoms with Gasteiger partial charge in [0, 0.05) is 24.5 Å². The molecule has 100 valence electrons. The second kappa shape index (κ2) is 5.80. The number of rotatable bonds is 4. The van der Waals surface area contributed by atoms with Crippen LogP contribution >= 0.6 is 0 Å². The third kappa shape index (κ3) is 2.74. The Hall–Kier alpha value is -1.94.